The minimum atomic E-state index is -0.180. The van der Waals surface area contributed by atoms with Crippen LogP contribution in [0.2, 0.25) is 0 Å². The minimum absolute atomic E-state index is 0.169. The van der Waals surface area contributed by atoms with Crippen molar-refractivity contribution in [1.29, 1.82) is 0 Å². The van der Waals surface area contributed by atoms with Gasteiger partial charge in [0.05, 0.1) is 12.2 Å². The molecule has 1 aromatic carbocycles. The molecule has 2 heteroatoms. The lowest BCUT2D eigenvalue weighted by molar-refractivity contribution is 0.0870. The summed E-state index contributed by atoms with van der Waals surface area (Å²) in [5.41, 5.74) is 4.44. The molecule has 3 rings (SSSR count). The second-order valence-electron chi connectivity index (χ2n) is 8.24. The summed E-state index contributed by atoms with van der Waals surface area (Å²) in [7, 11) is 0. The Morgan fingerprint density at radius 1 is 1.17 bits per heavy atom. The van der Waals surface area contributed by atoms with E-state index in [2.05, 4.69) is 32.0 Å². The molecule has 0 bridgehead atoms. The van der Waals surface area contributed by atoms with Crippen LogP contribution in [0.3, 0.4) is 0 Å². The Kier molecular flexibility index (Phi) is 5.99. The molecule has 2 aliphatic carbocycles. The van der Waals surface area contributed by atoms with E-state index < -0.39 is 0 Å². The molecule has 0 spiro atoms. The summed E-state index contributed by atoms with van der Waals surface area (Å²) in [6.07, 6.45) is 9.17. The Hall–Kier alpha value is -0.860. The molecule has 2 aliphatic rings. The van der Waals surface area contributed by atoms with Gasteiger partial charge in [0.2, 0.25) is 0 Å². The lowest BCUT2D eigenvalue weighted by atomic mass is 9.73. The van der Waals surface area contributed by atoms with Crippen LogP contribution in [-0.2, 0) is 12.8 Å². The molecule has 0 heterocycles. The maximum atomic E-state index is 10.6. The van der Waals surface area contributed by atoms with Crippen molar-refractivity contribution < 1.29 is 10.2 Å². The van der Waals surface area contributed by atoms with E-state index in [4.69, 9.17) is 0 Å². The molecule has 0 amide bonds. The molecule has 2 nitrogen and oxygen atoms in total. The van der Waals surface area contributed by atoms with E-state index >= 15 is 0 Å². The van der Waals surface area contributed by atoms with Crippen molar-refractivity contribution in [1.82, 2.24) is 0 Å². The fraction of sp³-hybridized carbons (Fsp3) is 0.727. The average molecular weight is 331 g/mol. The first-order chi connectivity index (χ1) is 11.6. The van der Waals surface area contributed by atoms with E-state index in [1.54, 1.807) is 0 Å². The molecule has 0 radical (unpaired) electrons. The lowest BCUT2D eigenvalue weighted by Crippen LogP contribution is -2.28. The summed E-state index contributed by atoms with van der Waals surface area (Å²) in [5, 5.41) is 20.8. The van der Waals surface area contributed by atoms with Crippen molar-refractivity contribution in [3.8, 4) is 0 Å². The third kappa shape index (κ3) is 3.86. The quantitative estimate of drug-likeness (QED) is 0.726. The van der Waals surface area contributed by atoms with Crippen LogP contribution in [0.25, 0.3) is 0 Å². The number of aliphatic hydroxyl groups is 2. The standard InChI is InChI=1S/C22H34O2/c1-3-4-5-9-18(23)10-11-19-21-12-16-8-6-7-15(2)20(16)13-17(21)14-22(19)24/h6-8,17-19,21-24H,3-5,9-14H2,1-2H3/t17?,18-,19+,21?,22+/m0/s1. The van der Waals surface area contributed by atoms with E-state index in [0.717, 1.165) is 44.9 Å². The zero-order valence-corrected chi connectivity index (χ0v) is 15.4. The number of rotatable bonds is 7. The monoisotopic (exact) mass is 330 g/mol. The van der Waals surface area contributed by atoms with E-state index in [-0.39, 0.29) is 12.2 Å². The Morgan fingerprint density at radius 2 is 2.00 bits per heavy atom. The van der Waals surface area contributed by atoms with Gasteiger partial charge in [0.15, 0.2) is 0 Å². The SMILES string of the molecule is CCCCC[C@H](O)CC[C@@H]1C2Cc3cccc(C)c3CC2C[C@H]1O. The summed E-state index contributed by atoms with van der Waals surface area (Å²) in [4.78, 5) is 0. The molecule has 5 atom stereocenters. The van der Waals surface area contributed by atoms with E-state index in [9.17, 15) is 10.2 Å². The maximum absolute atomic E-state index is 10.6. The highest BCUT2D eigenvalue weighted by molar-refractivity contribution is 5.37. The molecule has 2 unspecified atom stereocenters. The molecule has 0 saturated heterocycles. The highest BCUT2D eigenvalue weighted by atomic mass is 16.3. The Bertz CT molecular complexity index is 539. The van der Waals surface area contributed by atoms with Gasteiger partial charge < -0.3 is 10.2 Å². The first-order valence-electron chi connectivity index (χ1n) is 10.0. The van der Waals surface area contributed by atoms with Crippen molar-refractivity contribution in [2.45, 2.75) is 83.8 Å². The third-order valence-electron chi connectivity index (χ3n) is 6.60. The molecule has 134 valence electrons. The first-order valence-corrected chi connectivity index (χ1v) is 10.0. The van der Waals surface area contributed by atoms with Crippen LogP contribution in [0.15, 0.2) is 18.2 Å². The normalized spacial score (nSPS) is 30.0. The molecule has 0 aromatic heterocycles. The van der Waals surface area contributed by atoms with Gasteiger partial charge in [-0.05, 0) is 79.9 Å². The average Bonchev–Trinajstić information content (AvgIpc) is 2.86. The number of aliphatic hydroxyl groups excluding tert-OH is 2. The summed E-state index contributed by atoms with van der Waals surface area (Å²) < 4.78 is 0. The van der Waals surface area contributed by atoms with Gasteiger partial charge >= 0.3 is 0 Å². The lowest BCUT2D eigenvalue weighted by Gasteiger charge is -2.32. The van der Waals surface area contributed by atoms with Crippen LogP contribution < -0.4 is 0 Å². The second-order valence-corrected chi connectivity index (χ2v) is 8.24. The Balaban J connectivity index is 1.59. The molecular weight excluding hydrogens is 296 g/mol. The van der Waals surface area contributed by atoms with Crippen molar-refractivity contribution in [3.63, 3.8) is 0 Å². The second kappa shape index (κ2) is 8.01. The van der Waals surface area contributed by atoms with Crippen molar-refractivity contribution in [3.05, 3.63) is 34.9 Å². The molecule has 2 N–H and O–H groups in total. The van der Waals surface area contributed by atoms with Crippen LogP contribution in [0.1, 0.15) is 68.6 Å². The molecule has 1 fully saturated rings. The van der Waals surface area contributed by atoms with Gasteiger partial charge in [-0.15, -0.1) is 0 Å². The topological polar surface area (TPSA) is 40.5 Å². The predicted octanol–water partition coefficient (Wildman–Crippen LogP) is 4.43. The van der Waals surface area contributed by atoms with Crippen LogP contribution in [0.5, 0.6) is 0 Å². The number of hydrogen-bond acceptors (Lipinski definition) is 2. The van der Waals surface area contributed by atoms with Gasteiger partial charge in [-0.1, -0.05) is 44.4 Å². The fourth-order valence-corrected chi connectivity index (χ4v) is 5.18. The highest BCUT2D eigenvalue weighted by Crippen LogP contribution is 2.47. The Morgan fingerprint density at radius 3 is 2.79 bits per heavy atom. The first kappa shape index (κ1) is 17.9. The van der Waals surface area contributed by atoms with Gasteiger partial charge in [-0.2, -0.15) is 0 Å². The highest BCUT2D eigenvalue weighted by Gasteiger charge is 2.44. The minimum Gasteiger partial charge on any atom is -0.393 e. The van der Waals surface area contributed by atoms with E-state index in [1.807, 2.05) is 0 Å². The number of fused-ring (bicyclic) bond motifs is 2. The van der Waals surface area contributed by atoms with E-state index in [1.165, 1.54) is 29.5 Å². The molecule has 24 heavy (non-hydrogen) atoms. The van der Waals surface area contributed by atoms with Gasteiger partial charge in [-0.25, -0.2) is 0 Å². The summed E-state index contributed by atoms with van der Waals surface area (Å²) in [5.74, 6) is 1.62. The van der Waals surface area contributed by atoms with Crippen LogP contribution >= 0.6 is 0 Å². The molecule has 1 saturated carbocycles. The molecule has 0 aliphatic heterocycles. The van der Waals surface area contributed by atoms with Crippen molar-refractivity contribution >= 4 is 0 Å². The van der Waals surface area contributed by atoms with Crippen molar-refractivity contribution in [2.24, 2.45) is 17.8 Å². The summed E-state index contributed by atoms with van der Waals surface area (Å²) >= 11 is 0. The van der Waals surface area contributed by atoms with Gasteiger partial charge in [0.25, 0.3) is 0 Å². The van der Waals surface area contributed by atoms with Gasteiger partial charge in [-0.3, -0.25) is 0 Å². The summed E-state index contributed by atoms with van der Waals surface area (Å²) in [6, 6.07) is 6.67. The molecular formula is C22H34O2. The van der Waals surface area contributed by atoms with Gasteiger partial charge in [0, 0.05) is 0 Å². The van der Waals surface area contributed by atoms with E-state index in [0.29, 0.717) is 17.8 Å². The van der Waals surface area contributed by atoms with Crippen LogP contribution in [0, 0.1) is 24.7 Å². The largest absolute Gasteiger partial charge is 0.393 e. The number of benzene rings is 1. The third-order valence-corrected chi connectivity index (χ3v) is 6.60. The zero-order valence-electron chi connectivity index (χ0n) is 15.4. The van der Waals surface area contributed by atoms with Crippen LogP contribution in [-0.4, -0.2) is 22.4 Å². The predicted molar refractivity (Wildman–Crippen MR) is 99.1 cm³/mol. The number of aryl methyl sites for hydroxylation is 1. The molecule has 1 aromatic rings. The number of hydrogen-bond donors (Lipinski definition) is 2. The fourth-order valence-electron chi connectivity index (χ4n) is 5.18. The van der Waals surface area contributed by atoms with Gasteiger partial charge in [0.1, 0.15) is 0 Å². The number of unbranched alkanes of at least 4 members (excludes halogenated alkanes) is 2. The van der Waals surface area contributed by atoms with Crippen LogP contribution in [0.4, 0.5) is 0 Å². The summed E-state index contributed by atoms with van der Waals surface area (Å²) in [6.45, 7) is 4.42. The maximum Gasteiger partial charge on any atom is 0.0574 e. The zero-order chi connectivity index (χ0) is 17.1. The Labute approximate surface area is 147 Å². The smallest absolute Gasteiger partial charge is 0.0574 e. The van der Waals surface area contributed by atoms with Crippen molar-refractivity contribution in [2.75, 3.05) is 0 Å².